The van der Waals surface area contributed by atoms with E-state index in [-0.39, 0.29) is 17.3 Å². The maximum absolute atomic E-state index is 12.9. The predicted molar refractivity (Wildman–Crippen MR) is 94.0 cm³/mol. The van der Waals surface area contributed by atoms with E-state index < -0.39 is 5.60 Å². The first-order chi connectivity index (χ1) is 11.8. The van der Waals surface area contributed by atoms with Crippen LogP contribution >= 0.6 is 0 Å². The van der Waals surface area contributed by atoms with Gasteiger partial charge >= 0.3 is 0 Å². The Balaban J connectivity index is 1.83. The highest BCUT2D eigenvalue weighted by Crippen LogP contribution is 2.36. The lowest BCUT2D eigenvalue weighted by Crippen LogP contribution is -2.39. The van der Waals surface area contributed by atoms with E-state index in [4.69, 9.17) is 9.15 Å². The minimum atomic E-state index is -0.972. The minimum Gasteiger partial charge on any atom is -0.508 e. The van der Waals surface area contributed by atoms with Crippen LogP contribution in [-0.2, 0) is 6.42 Å². The number of phenols is 1. The summed E-state index contributed by atoms with van der Waals surface area (Å²) in [5.74, 6) is 0.779. The molecule has 1 atom stereocenters. The first-order valence-electron chi connectivity index (χ1n) is 8.10. The lowest BCUT2D eigenvalue weighted by molar-refractivity contribution is -0.0229. The molecule has 25 heavy (non-hydrogen) atoms. The molecule has 0 amide bonds. The fourth-order valence-corrected chi connectivity index (χ4v) is 3.10. The molecule has 2 N–H and O–H groups in total. The molecule has 0 saturated carbocycles. The highest BCUT2D eigenvalue weighted by atomic mass is 16.5. The van der Waals surface area contributed by atoms with Gasteiger partial charge in [-0.25, -0.2) is 0 Å². The quantitative estimate of drug-likeness (QED) is 0.750. The normalized spacial score (nSPS) is 16.7. The number of hydrogen-bond acceptors (Lipinski definition) is 5. The van der Waals surface area contributed by atoms with Crippen LogP contribution in [0.3, 0.4) is 0 Å². The predicted octanol–water partition coefficient (Wildman–Crippen LogP) is 3.24. The SMILES string of the molecule is CC(C)(O)C1Cc2cc3c(=O)c(-c4ccc(O)cc4)coc3cc2O1. The van der Waals surface area contributed by atoms with Crippen molar-refractivity contribution in [3.8, 4) is 22.6 Å². The monoisotopic (exact) mass is 338 g/mol. The summed E-state index contributed by atoms with van der Waals surface area (Å²) in [6.45, 7) is 3.41. The first-order valence-corrected chi connectivity index (χ1v) is 8.10. The van der Waals surface area contributed by atoms with E-state index in [0.29, 0.717) is 34.3 Å². The van der Waals surface area contributed by atoms with Crippen molar-refractivity contribution in [3.63, 3.8) is 0 Å². The van der Waals surface area contributed by atoms with Crippen molar-refractivity contribution in [2.45, 2.75) is 32.0 Å². The summed E-state index contributed by atoms with van der Waals surface area (Å²) in [4.78, 5) is 12.9. The van der Waals surface area contributed by atoms with Crippen molar-refractivity contribution in [2.24, 2.45) is 0 Å². The van der Waals surface area contributed by atoms with Gasteiger partial charge in [0.1, 0.15) is 29.4 Å². The second-order valence-electron chi connectivity index (χ2n) is 6.95. The van der Waals surface area contributed by atoms with E-state index >= 15 is 0 Å². The lowest BCUT2D eigenvalue weighted by Gasteiger charge is -2.24. The Morgan fingerprint density at radius 2 is 1.88 bits per heavy atom. The molecule has 2 aromatic carbocycles. The van der Waals surface area contributed by atoms with Crippen LogP contribution in [0.4, 0.5) is 0 Å². The van der Waals surface area contributed by atoms with Crippen LogP contribution in [0.2, 0.25) is 0 Å². The van der Waals surface area contributed by atoms with Crippen molar-refractivity contribution in [3.05, 3.63) is 58.4 Å². The summed E-state index contributed by atoms with van der Waals surface area (Å²) < 4.78 is 11.5. The van der Waals surface area contributed by atoms with E-state index in [1.165, 1.54) is 18.4 Å². The molecular formula is C20H18O5. The molecule has 5 heteroatoms. The Kier molecular flexibility index (Phi) is 3.37. The van der Waals surface area contributed by atoms with Gasteiger partial charge in [0.15, 0.2) is 0 Å². The molecule has 1 aliphatic heterocycles. The number of rotatable bonds is 2. The Labute approximate surface area is 144 Å². The van der Waals surface area contributed by atoms with E-state index in [0.717, 1.165) is 5.56 Å². The Morgan fingerprint density at radius 3 is 2.56 bits per heavy atom. The van der Waals surface area contributed by atoms with Crippen molar-refractivity contribution < 1.29 is 19.4 Å². The highest BCUT2D eigenvalue weighted by Gasteiger charge is 2.35. The molecule has 0 aliphatic carbocycles. The molecular weight excluding hydrogens is 320 g/mol. The highest BCUT2D eigenvalue weighted by molar-refractivity contribution is 5.84. The van der Waals surface area contributed by atoms with Gasteiger partial charge in [-0.15, -0.1) is 0 Å². The zero-order chi connectivity index (χ0) is 17.8. The smallest absolute Gasteiger partial charge is 0.200 e. The number of benzene rings is 2. The Hall–Kier alpha value is -2.79. The third kappa shape index (κ3) is 2.66. The summed E-state index contributed by atoms with van der Waals surface area (Å²) in [5.41, 5.74) is 1.34. The number of phenolic OH excluding ortho intramolecular Hbond substituents is 1. The standard InChI is InChI=1S/C20H18O5/c1-20(2,23)18-8-12-7-14-17(9-16(12)25-18)24-10-15(19(14)22)11-3-5-13(21)6-4-11/h3-7,9-10,18,21,23H,8H2,1-2H3. The van der Waals surface area contributed by atoms with E-state index in [1.54, 1.807) is 38.1 Å². The summed E-state index contributed by atoms with van der Waals surface area (Å²) in [6.07, 6.45) is 1.61. The molecule has 0 saturated heterocycles. The summed E-state index contributed by atoms with van der Waals surface area (Å²) in [7, 11) is 0. The van der Waals surface area contributed by atoms with Crippen LogP contribution in [0.25, 0.3) is 22.1 Å². The molecule has 4 rings (SSSR count). The third-order valence-electron chi connectivity index (χ3n) is 4.60. The maximum Gasteiger partial charge on any atom is 0.200 e. The van der Waals surface area contributed by atoms with Crippen LogP contribution in [-0.4, -0.2) is 21.9 Å². The van der Waals surface area contributed by atoms with Gasteiger partial charge in [-0.2, -0.15) is 0 Å². The van der Waals surface area contributed by atoms with Gasteiger partial charge in [0, 0.05) is 12.5 Å². The molecule has 1 aliphatic rings. The van der Waals surface area contributed by atoms with Gasteiger partial charge < -0.3 is 19.4 Å². The van der Waals surface area contributed by atoms with Crippen molar-refractivity contribution in [1.82, 2.24) is 0 Å². The molecule has 1 aromatic heterocycles. The zero-order valence-electron chi connectivity index (χ0n) is 13.9. The van der Waals surface area contributed by atoms with Crippen molar-refractivity contribution in [1.29, 1.82) is 0 Å². The molecule has 5 nitrogen and oxygen atoms in total. The molecule has 0 bridgehead atoms. The summed E-state index contributed by atoms with van der Waals surface area (Å²) in [6, 6.07) is 9.90. The van der Waals surface area contributed by atoms with Crippen LogP contribution in [0.5, 0.6) is 11.5 Å². The average molecular weight is 338 g/mol. The second kappa shape index (κ2) is 5.36. The fourth-order valence-electron chi connectivity index (χ4n) is 3.10. The van der Waals surface area contributed by atoms with E-state index in [1.807, 2.05) is 0 Å². The molecule has 2 heterocycles. The second-order valence-corrected chi connectivity index (χ2v) is 6.95. The van der Waals surface area contributed by atoms with Gasteiger partial charge in [0.05, 0.1) is 16.6 Å². The topological polar surface area (TPSA) is 79.9 Å². The summed E-state index contributed by atoms with van der Waals surface area (Å²) in [5, 5.41) is 20.0. The Bertz CT molecular complexity index is 1010. The van der Waals surface area contributed by atoms with Gasteiger partial charge in [-0.1, -0.05) is 12.1 Å². The molecule has 0 fully saturated rings. The number of aromatic hydroxyl groups is 1. The molecule has 128 valence electrons. The van der Waals surface area contributed by atoms with E-state index in [2.05, 4.69) is 0 Å². The average Bonchev–Trinajstić information content (AvgIpc) is 2.98. The first kappa shape index (κ1) is 15.7. The van der Waals surface area contributed by atoms with Crippen LogP contribution in [0.15, 0.2) is 51.9 Å². The molecule has 0 spiro atoms. The number of hydrogen-bond donors (Lipinski definition) is 2. The van der Waals surface area contributed by atoms with Gasteiger partial charge in [0.2, 0.25) is 5.43 Å². The number of fused-ring (bicyclic) bond motifs is 2. The minimum absolute atomic E-state index is 0.138. The number of aliphatic hydroxyl groups is 1. The molecule has 3 aromatic rings. The van der Waals surface area contributed by atoms with Crippen LogP contribution in [0, 0.1) is 0 Å². The van der Waals surface area contributed by atoms with Crippen molar-refractivity contribution >= 4 is 11.0 Å². The van der Waals surface area contributed by atoms with Gasteiger partial charge in [0.25, 0.3) is 0 Å². The Morgan fingerprint density at radius 1 is 1.16 bits per heavy atom. The van der Waals surface area contributed by atoms with E-state index in [9.17, 15) is 15.0 Å². The van der Waals surface area contributed by atoms with Crippen LogP contribution in [0.1, 0.15) is 19.4 Å². The van der Waals surface area contributed by atoms with Gasteiger partial charge in [-0.3, -0.25) is 4.79 Å². The largest absolute Gasteiger partial charge is 0.508 e. The molecule has 0 radical (unpaired) electrons. The number of ether oxygens (including phenoxy) is 1. The lowest BCUT2D eigenvalue weighted by atomic mass is 9.96. The van der Waals surface area contributed by atoms with Crippen LogP contribution < -0.4 is 10.2 Å². The zero-order valence-corrected chi connectivity index (χ0v) is 13.9. The molecule has 1 unspecified atom stereocenters. The van der Waals surface area contributed by atoms with Crippen molar-refractivity contribution in [2.75, 3.05) is 0 Å². The fraction of sp³-hybridized carbons (Fsp3) is 0.250. The third-order valence-corrected chi connectivity index (χ3v) is 4.60. The van der Waals surface area contributed by atoms with Gasteiger partial charge in [-0.05, 0) is 43.2 Å². The summed E-state index contributed by atoms with van der Waals surface area (Å²) >= 11 is 0. The maximum atomic E-state index is 12.9.